The molecule has 1 aliphatic rings. The molecule has 1 aromatic heterocycles. The molecule has 0 atom stereocenters. The van der Waals surface area contributed by atoms with E-state index < -0.39 is 0 Å². The topological polar surface area (TPSA) is 50.1 Å². The van der Waals surface area contributed by atoms with Crippen LogP contribution in [0.1, 0.15) is 26.1 Å². The summed E-state index contributed by atoms with van der Waals surface area (Å²) in [6.45, 7) is 11.0. The van der Waals surface area contributed by atoms with Gasteiger partial charge in [-0.2, -0.15) is 4.68 Å². The standard InChI is InChI=1S/C17H26N6/c1-15(2)8-9-21-10-12-22(13-11-21)14-17-18-19-20-23(17)16-6-4-3-5-7-16/h3-7,15H,8-14H2,1-2H3. The molecule has 0 aliphatic carbocycles. The third kappa shape index (κ3) is 4.36. The van der Waals surface area contributed by atoms with Crippen molar-refractivity contribution in [2.24, 2.45) is 5.92 Å². The lowest BCUT2D eigenvalue weighted by Gasteiger charge is -2.34. The van der Waals surface area contributed by atoms with Crippen LogP contribution in [0.25, 0.3) is 5.69 Å². The number of rotatable bonds is 6. The normalized spacial score (nSPS) is 17.0. The van der Waals surface area contributed by atoms with E-state index in [1.807, 2.05) is 35.0 Å². The van der Waals surface area contributed by atoms with E-state index in [1.165, 1.54) is 13.0 Å². The zero-order valence-corrected chi connectivity index (χ0v) is 14.1. The Morgan fingerprint density at radius 2 is 1.70 bits per heavy atom. The largest absolute Gasteiger partial charge is 0.301 e. The molecular formula is C17H26N6. The molecule has 0 N–H and O–H groups in total. The third-order valence-corrected chi connectivity index (χ3v) is 4.39. The first-order valence-corrected chi connectivity index (χ1v) is 8.50. The Labute approximate surface area is 138 Å². The number of aromatic nitrogens is 4. The van der Waals surface area contributed by atoms with Crippen molar-refractivity contribution in [2.75, 3.05) is 32.7 Å². The van der Waals surface area contributed by atoms with Crippen LogP contribution in [-0.2, 0) is 6.54 Å². The van der Waals surface area contributed by atoms with Crippen LogP contribution in [0.3, 0.4) is 0 Å². The van der Waals surface area contributed by atoms with Crippen molar-refractivity contribution in [3.05, 3.63) is 36.2 Å². The Balaban J connectivity index is 1.55. The molecule has 0 radical (unpaired) electrons. The Hall–Kier alpha value is -1.79. The van der Waals surface area contributed by atoms with E-state index in [9.17, 15) is 0 Å². The molecule has 1 fully saturated rings. The average Bonchev–Trinajstić information content (AvgIpc) is 3.03. The highest BCUT2D eigenvalue weighted by atomic mass is 15.5. The molecule has 124 valence electrons. The quantitative estimate of drug-likeness (QED) is 0.814. The first-order chi connectivity index (χ1) is 11.2. The lowest BCUT2D eigenvalue weighted by molar-refractivity contribution is 0.120. The molecule has 2 aromatic rings. The minimum Gasteiger partial charge on any atom is -0.301 e. The molecule has 1 aromatic carbocycles. The van der Waals surface area contributed by atoms with Gasteiger partial charge in [0, 0.05) is 26.2 Å². The van der Waals surface area contributed by atoms with Gasteiger partial charge in [0.05, 0.1) is 12.2 Å². The van der Waals surface area contributed by atoms with Crippen molar-refractivity contribution in [3.8, 4) is 5.69 Å². The zero-order valence-electron chi connectivity index (χ0n) is 14.1. The van der Waals surface area contributed by atoms with E-state index in [-0.39, 0.29) is 0 Å². The van der Waals surface area contributed by atoms with Gasteiger partial charge in [0.2, 0.25) is 0 Å². The second kappa shape index (κ2) is 7.66. The molecule has 0 bridgehead atoms. The fourth-order valence-electron chi connectivity index (χ4n) is 2.89. The van der Waals surface area contributed by atoms with E-state index in [1.54, 1.807) is 0 Å². The van der Waals surface area contributed by atoms with E-state index in [2.05, 4.69) is 39.2 Å². The van der Waals surface area contributed by atoms with E-state index in [4.69, 9.17) is 0 Å². The van der Waals surface area contributed by atoms with Crippen molar-refractivity contribution >= 4 is 0 Å². The lowest BCUT2D eigenvalue weighted by atomic mass is 10.1. The van der Waals surface area contributed by atoms with Gasteiger partial charge in [-0.05, 0) is 41.4 Å². The summed E-state index contributed by atoms with van der Waals surface area (Å²) in [4.78, 5) is 5.01. The SMILES string of the molecule is CC(C)CCN1CCN(Cc2nnnn2-c2ccccc2)CC1. The second-order valence-electron chi connectivity index (χ2n) is 6.64. The summed E-state index contributed by atoms with van der Waals surface area (Å²) in [5.41, 5.74) is 1.02. The Morgan fingerprint density at radius 3 is 2.39 bits per heavy atom. The van der Waals surface area contributed by atoms with Crippen molar-refractivity contribution < 1.29 is 0 Å². The summed E-state index contributed by atoms with van der Waals surface area (Å²) in [7, 11) is 0. The van der Waals surface area contributed by atoms with Crippen LogP contribution in [0.4, 0.5) is 0 Å². The first-order valence-electron chi connectivity index (χ1n) is 8.50. The van der Waals surface area contributed by atoms with Crippen molar-refractivity contribution in [1.82, 2.24) is 30.0 Å². The summed E-state index contributed by atoms with van der Waals surface area (Å²) in [6.07, 6.45) is 1.28. The molecular weight excluding hydrogens is 288 g/mol. The lowest BCUT2D eigenvalue weighted by Crippen LogP contribution is -2.46. The van der Waals surface area contributed by atoms with E-state index >= 15 is 0 Å². The third-order valence-electron chi connectivity index (χ3n) is 4.39. The fourth-order valence-corrected chi connectivity index (χ4v) is 2.89. The minimum atomic E-state index is 0.781. The van der Waals surface area contributed by atoms with Gasteiger partial charge in [0.15, 0.2) is 5.82 Å². The number of hydrogen-bond donors (Lipinski definition) is 0. The van der Waals surface area contributed by atoms with Gasteiger partial charge in [-0.1, -0.05) is 32.0 Å². The van der Waals surface area contributed by atoms with Gasteiger partial charge >= 0.3 is 0 Å². The van der Waals surface area contributed by atoms with Crippen LogP contribution in [0.5, 0.6) is 0 Å². The van der Waals surface area contributed by atoms with Crippen LogP contribution in [0, 0.1) is 5.92 Å². The average molecular weight is 314 g/mol. The summed E-state index contributed by atoms with van der Waals surface area (Å²) >= 11 is 0. The molecule has 2 heterocycles. The highest BCUT2D eigenvalue weighted by Gasteiger charge is 2.19. The molecule has 0 saturated carbocycles. The van der Waals surface area contributed by atoms with Crippen LogP contribution in [0.15, 0.2) is 30.3 Å². The van der Waals surface area contributed by atoms with Gasteiger partial charge in [0.25, 0.3) is 0 Å². The summed E-state index contributed by atoms with van der Waals surface area (Å²) in [6, 6.07) is 10.1. The Kier molecular flexibility index (Phi) is 5.35. The Morgan fingerprint density at radius 1 is 1.00 bits per heavy atom. The predicted molar refractivity (Wildman–Crippen MR) is 90.3 cm³/mol. The number of hydrogen-bond acceptors (Lipinski definition) is 5. The van der Waals surface area contributed by atoms with Crippen LogP contribution >= 0.6 is 0 Å². The fraction of sp³-hybridized carbons (Fsp3) is 0.588. The number of tetrazole rings is 1. The number of piperazine rings is 1. The van der Waals surface area contributed by atoms with Crippen LogP contribution in [-0.4, -0.2) is 62.7 Å². The van der Waals surface area contributed by atoms with Gasteiger partial charge in [0.1, 0.15) is 0 Å². The molecule has 0 unspecified atom stereocenters. The summed E-state index contributed by atoms with van der Waals surface area (Å²) < 4.78 is 1.84. The predicted octanol–water partition coefficient (Wildman–Crippen LogP) is 1.83. The first kappa shape index (κ1) is 16.1. The number of benzene rings is 1. The molecule has 1 aliphatic heterocycles. The zero-order chi connectivity index (χ0) is 16.1. The van der Waals surface area contributed by atoms with Crippen LogP contribution in [0.2, 0.25) is 0 Å². The van der Waals surface area contributed by atoms with Gasteiger partial charge in [-0.15, -0.1) is 5.10 Å². The summed E-state index contributed by atoms with van der Waals surface area (Å²) in [5.74, 6) is 1.69. The maximum absolute atomic E-state index is 4.21. The molecule has 23 heavy (non-hydrogen) atoms. The monoisotopic (exact) mass is 314 g/mol. The second-order valence-corrected chi connectivity index (χ2v) is 6.64. The molecule has 6 heteroatoms. The van der Waals surface area contributed by atoms with Crippen molar-refractivity contribution in [2.45, 2.75) is 26.8 Å². The highest BCUT2D eigenvalue weighted by Crippen LogP contribution is 2.11. The Bertz CT molecular complexity index is 586. The van der Waals surface area contributed by atoms with Crippen LogP contribution < -0.4 is 0 Å². The van der Waals surface area contributed by atoms with Gasteiger partial charge in [-0.3, -0.25) is 4.90 Å². The smallest absolute Gasteiger partial charge is 0.170 e. The highest BCUT2D eigenvalue weighted by molar-refractivity contribution is 5.30. The maximum Gasteiger partial charge on any atom is 0.170 e. The molecule has 0 spiro atoms. The summed E-state index contributed by atoms with van der Waals surface area (Å²) in [5, 5.41) is 12.2. The van der Waals surface area contributed by atoms with E-state index in [0.29, 0.717) is 0 Å². The van der Waals surface area contributed by atoms with Crippen molar-refractivity contribution in [3.63, 3.8) is 0 Å². The van der Waals surface area contributed by atoms with E-state index in [0.717, 1.165) is 50.2 Å². The maximum atomic E-state index is 4.21. The molecule has 6 nitrogen and oxygen atoms in total. The molecule has 0 amide bonds. The van der Waals surface area contributed by atoms with Gasteiger partial charge in [-0.25, -0.2) is 0 Å². The number of para-hydroxylation sites is 1. The minimum absolute atomic E-state index is 0.781. The number of nitrogens with zero attached hydrogens (tertiary/aromatic N) is 6. The molecule has 1 saturated heterocycles. The molecule has 3 rings (SSSR count). The van der Waals surface area contributed by atoms with Crippen molar-refractivity contribution in [1.29, 1.82) is 0 Å². The van der Waals surface area contributed by atoms with Gasteiger partial charge < -0.3 is 4.90 Å².